The van der Waals surface area contributed by atoms with Crippen molar-refractivity contribution in [3.8, 4) is 0 Å². The van der Waals surface area contributed by atoms with Gasteiger partial charge in [0.05, 0.1) is 19.3 Å². The summed E-state index contributed by atoms with van der Waals surface area (Å²) < 4.78 is 17.3. The lowest BCUT2D eigenvalue weighted by Crippen LogP contribution is -2.56. The van der Waals surface area contributed by atoms with Crippen LogP contribution in [0.25, 0.3) is 0 Å². The van der Waals surface area contributed by atoms with Crippen molar-refractivity contribution in [3.63, 3.8) is 0 Å². The molecule has 3 saturated heterocycles. The van der Waals surface area contributed by atoms with E-state index >= 15 is 0 Å². The Bertz CT molecular complexity index is 419. The minimum atomic E-state index is -1.03. The number of hydrogen-bond donors (Lipinski definition) is 0. The monoisotopic (exact) mass is 269 g/mol. The maximum absolute atomic E-state index is 11.8. The molecule has 3 heterocycles. The van der Waals surface area contributed by atoms with Crippen LogP contribution in [-0.4, -0.2) is 53.5 Å². The molecule has 0 aliphatic carbocycles. The third-order valence-electron chi connectivity index (χ3n) is 4.12. The number of fused-ring (bicyclic) bond motifs is 1. The second-order valence-corrected chi connectivity index (χ2v) is 5.82. The number of carbonyl (C=O) groups excluding carboxylic acids is 2. The molecule has 3 atom stereocenters. The van der Waals surface area contributed by atoms with Crippen LogP contribution in [0.4, 0.5) is 0 Å². The SMILES string of the molecule is CC(C)O[C@]1(CN2C(=O)CCC2=O)OC[C@@H]2O[C@@]21C. The highest BCUT2D eigenvalue weighted by Crippen LogP contribution is 2.54. The third-order valence-corrected chi connectivity index (χ3v) is 4.12. The fourth-order valence-corrected chi connectivity index (χ4v) is 2.92. The molecule has 3 fully saturated rings. The van der Waals surface area contributed by atoms with Crippen molar-refractivity contribution in [1.82, 2.24) is 4.90 Å². The summed E-state index contributed by atoms with van der Waals surface area (Å²) in [7, 11) is 0. The van der Waals surface area contributed by atoms with Crippen LogP contribution in [-0.2, 0) is 23.8 Å². The average Bonchev–Trinajstić information content (AvgIpc) is 2.82. The molecular formula is C13H19NO5. The number of nitrogens with zero attached hydrogens (tertiary/aromatic N) is 1. The Morgan fingerprint density at radius 2 is 2.00 bits per heavy atom. The second-order valence-electron chi connectivity index (χ2n) is 5.82. The van der Waals surface area contributed by atoms with Gasteiger partial charge in [-0.3, -0.25) is 14.5 Å². The highest BCUT2D eigenvalue weighted by atomic mass is 16.8. The first kappa shape index (κ1) is 13.0. The second kappa shape index (κ2) is 4.01. The van der Waals surface area contributed by atoms with Crippen LogP contribution in [0.3, 0.4) is 0 Å². The molecule has 0 radical (unpaired) electrons. The van der Waals surface area contributed by atoms with Crippen LogP contribution in [0.2, 0.25) is 0 Å². The first-order chi connectivity index (χ1) is 8.88. The number of amides is 2. The lowest BCUT2D eigenvalue weighted by atomic mass is 9.98. The number of rotatable bonds is 4. The van der Waals surface area contributed by atoms with Gasteiger partial charge in [0.2, 0.25) is 17.6 Å². The van der Waals surface area contributed by atoms with Crippen molar-refractivity contribution in [2.45, 2.75) is 57.2 Å². The van der Waals surface area contributed by atoms with Gasteiger partial charge in [0.1, 0.15) is 11.7 Å². The van der Waals surface area contributed by atoms with Gasteiger partial charge < -0.3 is 14.2 Å². The molecule has 0 spiro atoms. The number of likely N-dealkylation sites (tertiary alicyclic amines) is 1. The molecule has 0 unspecified atom stereocenters. The zero-order valence-electron chi connectivity index (χ0n) is 11.5. The highest BCUT2D eigenvalue weighted by molar-refractivity contribution is 6.02. The largest absolute Gasteiger partial charge is 0.358 e. The van der Waals surface area contributed by atoms with Gasteiger partial charge in [-0.1, -0.05) is 0 Å². The lowest BCUT2D eigenvalue weighted by molar-refractivity contribution is -0.277. The summed E-state index contributed by atoms with van der Waals surface area (Å²) in [5.74, 6) is -1.34. The van der Waals surface area contributed by atoms with Gasteiger partial charge in [0, 0.05) is 12.8 Å². The number of epoxide rings is 1. The van der Waals surface area contributed by atoms with Crippen molar-refractivity contribution in [3.05, 3.63) is 0 Å². The first-order valence-electron chi connectivity index (χ1n) is 6.71. The Kier molecular flexibility index (Phi) is 2.75. The molecule has 19 heavy (non-hydrogen) atoms. The van der Waals surface area contributed by atoms with Crippen molar-refractivity contribution in [1.29, 1.82) is 0 Å². The van der Waals surface area contributed by atoms with Gasteiger partial charge in [-0.15, -0.1) is 0 Å². The topological polar surface area (TPSA) is 68.4 Å². The van der Waals surface area contributed by atoms with Crippen molar-refractivity contribution in [2.24, 2.45) is 0 Å². The van der Waals surface area contributed by atoms with Gasteiger partial charge >= 0.3 is 0 Å². The summed E-state index contributed by atoms with van der Waals surface area (Å²) in [4.78, 5) is 24.8. The number of hydrogen-bond acceptors (Lipinski definition) is 5. The summed E-state index contributed by atoms with van der Waals surface area (Å²) in [6.45, 7) is 6.28. The van der Waals surface area contributed by atoms with Crippen molar-refractivity contribution in [2.75, 3.05) is 13.2 Å². The van der Waals surface area contributed by atoms with Gasteiger partial charge in [-0.25, -0.2) is 0 Å². The Labute approximate surface area is 112 Å². The molecule has 0 aromatic carbocycles. The third kappa shape index (κ3) is 1.81. The number of carbonyl (C=O) groups is 2. The Morgan fingerprint density at radius 3 is 2.42 bits per heavy atom. The molecule has 6 nitrogen and oxygen atoms in total. The molecule has 3 aliphatic heterocycles. The van der Waals surface area contributed by atoms with E-state index in [2.05, 4.69) is 0 Å². The van der Waals surface area contributed by atoms with Gasteiger partial charge in [0.15, 0.2) is 0 Å². The molecule has 6 heteroatoms. The van der Waals surface area contributed by atoms with E-state index in [1.54, 1.807) is 0 Å². The quantitative estimate of drug-likeness (QED) is 0.547. The molecule has 2 amide bonds. The molecule has 0 aromatic heterocycles. The van der Waals surface area contributed by atoms with Crippen LogP contribution >= 0.6 is 0 Å². The minimum absolute atomic E-state index is 0.000873. The van der Waals surface area contributed by atoms with E-state index in [0.29, 0.717) is 6.61 Å². The maximum Gasteiger partial charge on any atom is 0.229 e. The van der Waals surface area contributed by atoms with Crippen LogP contribution in [0.1, 0.15) is 33.6 Å². The zero-order valence-corrected chi connectivity index (χ0v) is 11.5. The summed E-state index contributed by atoms with van der Waals surface area (Å²) in [6, 6.07) is 0. The van der Waals surface area contributed by atoms with Gasteiger partial charge in [-0.05, 0) is 20.8 Å². The Hall–Kier alpha value is -0.980. The Balaban J connectivity index is 1.84. The molecular weight excluding hydrogens is 250 g/mol. The summed E-state index contributed by atoms with van der Waals surface area (Å²) >= 11 is 0. The molecule has 106 valence electrons. The summed E-state index contributed by atoms with van der Waals surface area (Å²) in [5, 5.41) is 0. The van der Waals surface area contributed by atoms with E-state index in [1.807, 2.05) is 20.8 Å². The molecule has 0 aromatic rings. The maximum atomic E-state index is 11.8. The van der Waals surface area contributed by atoms with Crippen LogP contribution < -0.4 is 0 Å². The molecule has 0 saturated carbocycles. The predicted octanol–water partition coefficient (Wildman–Crippen LogP) is 0.444. The molecule has 3 rings (SSSR count). The van der Waals surface area contributed by atoms with Crippen molar-refractivity contribution < 1.29 is 23.8 Å². The van der Waals surface area contributed by atoms with E-state index in [4.69, 9.17) is 14.2 Å². The predicted molar refractivity (Wildman–Crippen MR) is 64.1 cm³/mol. The van der Waals surface area contributed by atoms with Gasteiger partial charge in [-0.2, -0.15) is 0 Å². The van der Waals surface area contributed by atoms with Crippen LogP contribution in [0.5, 0.6) is 0 Å². The average molecular weight is 269 g/mol. The van der Waals surface area contributed by atoms with E-state index in [0.717, 1.165) is 0 Å². The van der Waals surface area contributed by atoms with Crippen LogP contribution in [0.15, 0.2) is 0 Å². The molecule has 0 bridgehead atoms. The summed E-state index contributed by atoms with van der Waals surface area (Å²) in [5.41, 5.74) is -0.555. The molecule has 0 N–H and O–H groups in total. The number of ether oxygens (including phenoxy) is 3. The normalized spacial score (nSPS) is 41.3. The van der Waals surface area contributed by atoms with Gasteiger partial charge in [0.25, 0.3) is 0 Å². The standard InChI is InChI=1S/C13H19NO5/c1-8(2)18-13(12(3)9(19-12)6-17-13)7-14-10(15)4-5-11(14)16/h8-9H,4-7H2,1-3H3/t9-,12-,13-/m0/s1. The lowest BCUT2D eigenvalue weighted by Gasteiger charge is -2.37. The molecule has 3 aliphatic rings. The summed E-state index contributed by atoms with van der Waals surface area (Å²) in [6.07, 6.45) is 0.474. The minimum Gasteiger partial charge on any atom is -0.358 e. The number of imide groups is 1. The smallest absolute Gasteiger partial charge is 0.229 e. The van der Waals surface area contributed by atoms with E-state index < -0.39 is 11.4 Å². The van der Waals surface area contributed by atoms with E-state index in [9.17, 15) is 9.59 Å². The van der Waals surface area contributed by atoms with E-state index in [1.165, 1.54) is 4.90 Å². The zero-order chi connectivity index (χ0) is 13.8. The fraction of sp³-hybridized carbons (Fsp3) is 0.846. The van der Waals surface area contributed by atoms with E-state index in [-0.39, 0.29) is 43.4 Å². The highest BCUT2D eigenvalue weighted by Gasteiger charge is 2.74. The first-order valence-corrected chi connectivity index (χ1v) is 6.71. The van der Waals surface area contributed by atoms with Crippen LogP contribution in [0, 0.1) is 0 Å². The van der Waals surface area contributed by atoms with Crippen molar-refractivity contribution >= 4 is 11.8 Å². The fourth-order valence-electron chi connectivity index (χ4n) is 2.92. The Morgan fingerprint density at radius 1 is 1.37 bits per heavy atom.